The van der Waals surface area contributed by atoms with Crippen molar-refractivity contribution in [2.45, 2.75) is 46.5 Å². The molecule has 0 saturated heterocycles. The molecule has 0 fully saturated rings. The molecule has 2 rings (SSSR count). The highest BCUT2D eigenvalue weighted by atomic mass is 16.5. The van der Waals surface area contributed by atoms with E-state index >= 15 is 0 Å². The number of hydrogen-bond acceptors (Lipinski definition) is 4. The number of likely N-dealkylation sites (N-methyl/N-ethyl adjacent to an activating group) is 1. The van der Waals surface area contributed by atoms with Crippen LogP contribution in [0.3, 0.4) is 0 Å². The average Bonchev–Trinajstić information content (AvgIpc) is 3.03. The molecule has 0 bridgehead atoms. The molecule has 0 unspecified atom stereocenters. The van der Waals surface area contributed by atoms with Crippen molar-refractivity contribution in [2.24, 2.45) is 0 Å². The van der Waals surface area contributed by atoms with Crippen LogP contribution in [0.1, 0.15) is 60.7 Å². The topological polar surface area (TPSA) is 59.8 Å². The van der Waals surface area contributed by atoms with Crippen LogP contribution in [0.15, 0.2) is 34.7 Å². The van der Waals surface area contributed by atoms with Gasteiger partial charge in [0.2, 0.25) is 0 Å². The molecule has 0 radical (unpaired) electrons. The van der Waals surface area contributed by atoms with Crippen molar-refractivity contribution in [2.75, 3.05) is 20.2 Å². The largest absolute Gasteiger partial charge is 0.465 e. The maximum Gasteiger partial charge on any atom is 0.325 e. The Morgan fingerprint density at radius 3 is 2.48 bits per heavy atom. The molecular formula is C22H29NO4. The number of carbonyl (C=O) groups is 2. The maximum absolute atomic E-state index is 12.4. The minimum atomic E-state index is -0.435. The van der Waals surface area contributed by atoms with Gasteiger partial charge in [-0.3, -0.25) is 9.59 Å². The Hall–Kier alpha value is -2.56. The summed E-state index contributed by atoms with van der Waals surface area (Å²) in [6.45, 7) is 10.5. The number of ether oxygens (including phenoxy) is 1. The fourth-order valence-corrected chi connectivity index (χ4v) is 2.76. The van der Waals surface area contributed by atoms with E-state index in [1.54, 1.807) is 20.0 Å². The third-order valence-electron chi connectivity index (χ3n) is 4.47. The quantitative estimate of drug-likeness (QED) is 0.717. The van der Waals surface area contributed by atoms with Gasteiger partial charge in [0, 0.05) is 13.5 Å². The third-order valence-corrected chi connectivity index (χ3v) is 4.47. The Labute approximate surface area is 161 Å². The van der Waals surface area contributed by atoms with E-state index in [0.29, 0.717) is 13.0 Å². The zero-order valence-corrected chi connectivity index (χ0v) is 17.1. The number of esters is 1. The van der Waals surface area contributed by atoms with E-state index in [-0.39, 0.29) is 23.6 Å². The van der Waals surface area contributed by atoms with Crippen LogP contribution in [0, 0.1) is 6.92 Å². The molecule has 0 spiro atoms. The Bertz CT molecular complexity index is 814. The van der Waals surface area contributed by atoms with E-state index in [0.717, 1.165) is 5.76 Å². The van der Waals surface area contributed by atoms with Crippen molar-refractivity contribution in [1.82, 2.24) is 4.90 Å². The molecule has 1 aromatic carbocycles. The lowest BCUT2D eigenvalue weighted by Crippen LogP contribution is -2.32. The van der Waals surface area contributed by atoms with Gasteiger partial charge in [-0.2, -0.15) is 0 Å². The average molecular weight is 371 g/mol. The van der Waals surface area contributed by atoms with Gasteiger partial charge in [-0.1, -0.05) is 39.0 Å². The molecule has 0 aliphatic rings. The van der Waals surface area contributed by atoms with Crippen LogP contribution in [0.2, 0.25) is 0 Å². The summed E-state index contributed by atoms with van der Waals surface area (Å²) in [5.41, 5.74) is 3.70. The highest BCUT2D eigenvalue weighted by Gasteiger charge is 2.20. The molecule has 0 atom stereocenters. The van der Waals surface area contributed by atoms with Crippen molar-refractivity contribution in [3.63, 3.8) is 0 Å². The predicted octanol–water partition coefficient (Wildman–Crippen LogP) is 4.11. The second-order valence-corrected chi connectivity index (χ2v) is 7.80. The lowest BCUT2D eigenvalue weighted by atomic mass is 9.85. The monoisotopic (exact) mass is 371 g/mol. The summed E-state index contributed by atoms with van der Waals surface area (Å²) in [4.78, 5) is 25.3. The van der Waals surface area contributed by atoms with E-state index in [4.69, 9.17) is 9.15 Å². The lowest BCUT2D eigenvalue weighted by Gasteiger charge is -2.20. The summed E-state index contributed by atoms with van der Waals surface area (Å²) in [5, 5.41) is 0. The van der Waals surface area contributed by atoms with Gasteiger partial charge in [0.25, 0.3) is 5.91 Å². The highest BCUT2D eigenvalue weighted by molar-refractivity contribution is 5.93. The molecule has 5 heteroatoms. The van der Waals surface area contributed by atoms with Gasteiger partial charge in [-0.25, -0.2) is 0 Å². The molecule has 1 aromatic heterocycles. The minimum Gasteiger partial charge on any atom is -0.465 e. The molecule has 0 aliphatic heterocycles. The van der Waals surface area contributed by atoms with E-state index < -0.39 is 5.97 Å². The number of furan rings is 1. The number of benzene rings is 1. The molecule has 0 saturated carbocycles. The molecule has 1 heterocycles. The summed E-state index contributed by atoms with van der Waals surface area (Å²) >= 11 is 0. The molecular weight excluding hydrogens is 342 g/mol. The number of rotatable bonds is 6. The number of aryl methyl sites for hydroxylation is 1. The molecule has 0 N–H and O–H groups in total. The van der Waals surface area contributed by atoms with Gasteiger partial charge in [-0.15, -0.1) is 0 Å². The van der Waals surface area contributed by atoms with Gasteiger partial charge >= 0.3 is 5.97 Å². The van der Waals surface area contributed by atoms with Crippen LogP contribution in [0.5, 0.6) is 0 Å². The summed E-state index contributed by atoms with van der Waals surface area (Å²) in [5.74, 6) is 0.169. The summed E-state index contributed by atoms with van der Waals surface area (Å²) in [6, 6.07) is 9.95. The maximum atomic E-state index is 12.4. The zero-order chi connectivity index (χ0) is 20.2. The molecule has 27 heavy (non-hydrogen) atoms. The van der Waals surface area contributed by atoms with Crippen LogP contribution < -0.4 is 0 Å². The Kier molecular flexibility index (Phi) is 6.47. The Balaban J connectivity index is 2.12. The van der Waals surface area contributed by atoms with Crippen LogP contribution in [0.4, 0.5) is 0 Å². The zero-order valence-electron chi connectivity index (χ0n) is 17.1. The van der Waals surface area contributed by atoms with Crippen LogP contribution in [0.25, 0.3) is 0 Å². The van der Waals surface area contributed by atoms with Crippen LogP contribution in [-0.2, 0) is 21.4 Å². The standard InChI is InChI=1S/C22H29NO4/c1-7-26-20(24)14-23(6)21(25)19-11-10-18(27-19)13-16-12-17(22(3,4)5)9-8-15(16)2/h8-12H,7,13-14H2,1-6H3. The fraction of sp³-hybridized carbons (Fsp3) is 0.455. The van der Waals surface area contributed by atoms with Gasteiger partial charge in [0.1, 0.15) is 12.3 Å². The third kappa shape index (κ3) is 5.46. The molecule has 2 aromatic rings. The van der Waals surface area contributed by atoms with Gasteiger partial charge in [0.05, 0.1) is 6.61 Å². The van der Waals surface area contributed by atoms with E-state index in [2.05, 4.69) is 45.9 Å². The first kappa shape index (κ1) is 20.7. The first-order valence-electron chi connectivity index (χ1n) is 9.21. The second kappa shape index (κ2) is 8.42. The van der Waals surface area contributed by atoms with Crippen molar-refractivity contribution < 1.29 is 18.7 Å². The van der Waals surface area contributed by atoms with Gasteiger partial charge < -0.3 is 14.1 Å². The number of nitrogens with zero attached hydrogens (tertiary/aromatic N) is 1. The van der Waals surface area contributed by atoms with Gasteiger partial charge in [0.15, 0.2) is 5.76 Å². The van der Waals surface area contributed by atoms with E-state index in [1.165, 1.54) is 21.6 Å². The van der Waals surface area contributed by atoms with Crippen LogP contribution >= 0.6 is 0 Å². The first-order chi connectivity index (χ1) is 12.6. The SMILES string of the molecule is CCOC(=O)CN(C)C(=O)c1ccc(Cc2cc(C(C)(C)C)ccc2C)o1. The number of amides is 1. The summed E-state index contributed by atoms with van der Waals surface area (Å²) in [6.07, 6.45) is 0.616. The fourth-order valence-electron chi connectivity index (χ4n) is 2.76. The highest BCUT2D eigenvalue weighted by Crippen LogP contribution is 2.26. The molecule has 1 amide bonds. The van der Waals surface area contributed by atoms with Crippen molar-refractivity contribution in [3.05, 3.63) is 58.5 Å². The normalized spacial score (nSPS) is 11.3. The van der Waals surface area contributed by atoms with E-state index in [1.807, 2.05) is 6.07 Å². The Morgan fingerprint density at radius 2 is 1.85 bits per heavy atom. The first-order valence-corrected chi connectivity index (χ1v) is 9.21. The Morgan fingerprint density at radius 1 is 1.15 bits per heavy atom. The molecule has 146 valence electrons. The van der Waals surface area contributed by atoms with Crippen molar-refractivity contribution >= 4 is 11.9 Å². The van der Waals surface area contributed by atoms with Crippen LogP contribution in [-0.4, -0.2) is 37.0 Å². The van der Waals surface area contributed by atoms with Gasteiger partial charge in [-0.05, 0) is 48.1 Å². The van der Waals surface area contributed by atoms with Crippen molar-refractivity contribution in [3.8, 4) is 0 Å². The summed E-state index contributed by atoms with van der Waals surface area (Å²) < 4.78 is 10.6. The number of carbonyl (C=O) groups excluding carboxylic acids is 2. The smallest absolute Gasteiger partial charge is 0.325 e. The minimum absolute atomic E-state index is 0.0720. The second-order valence-electron chi connectivity index (χ2n) is 7.80. The summed E-state index contributed by atoms with van der Waals surface area (Å²) in [7, 11) is 1.55. The molecule has 0 aliphatic carbocycles. The van der Waals surface area contributed by atoms with E-state index in [9.17, 15) is 9.59 Å². The predicted molar refractivity (Wildman–Crippen MR) is 105 cm³/mol. The van der Waals surface area contributed by atoms with Crippen molar-refractivity contribution in [1.29, 1.82) is 0 Å². The molecule has 5 nitrogen and oxygen atoms in total. The number of hydrogen-bond donors (Lipinski definition) is 0. The lowest BCUT2D eigenvalue weighted by molar-refractivity contribution is -0.143.